The van der Waals surface area contributed by atoms with Crippen molar-refractivity contribution in [1.82, 2.24) is 0 Å². The molecule has 4 nitrogen and oxygen atoms in total. The van der Waals surface area contributed by atoms with E-state index in [2.05, 4.69) is 0 Å². The van der Waals surface area contributed by atoms with Crippen LogP contribution in [0.5, 0.6) is 11.5 Å². The Kier molecular flexibility index (Phi) is 6.32. The van der Waals surface area contributed by atoms with Gasteiger partial charge in [0.1, 0.15) is 36.1 Å². The lowest BCUT2D eigenvalue weighted by Crippen LogP contribution is -2.22. The quantitative estimate of drug-likeness (QED) is 0.387. The maximum Gasteiger partial charge on any atom is 0.433 e. The van der Waals surface area contributed by atoms with Gasteiger partial charge in [0.25, 0.3) is 0 Å². The van der Waals surface area contributed by atoms with Gasteiger partial charge in [-0.1, -0.05) is 0 Å². The lowest BCUT2D eigenvalue weighted by Gasteiger charge is -2.11. The van der Waals surface area contributed by atoms with Gasteiger partial charge in [-0.2, -0.15) is 26.3 Å². The SMILES string of the molecule is N=C(c1ccc(OCCOc2ccc(C(=N)C(F)(F)F)cc2)cc1)C(F)(F)F. The van der Waals surface area contributed by atoms with Crippen LogP contribution in [0.1, 0.15) is 11.1 Å². The number of alkyl halides is 6. The second-order valence-electron chi connectivity index (χ2n) is 5.49. The van der Waals surface area contributed by atoms with Gasteiger partial charge in [-0.3, -0.25) is 10.8 Å². The molecule has 2 rings (SSSR count). The van der Waals surface area contributed by atoms with Crippen molar-refractivity contribution in [1.29, 1.82) is 10.8 Å². The second kappa shape index (κ2) is 8.32. The van der Waals surface area contributed by atoms with E-state index in [1.54, 1.807) is 0 Å². The summed E-state index contributed by atoms with van der Waals surface area (Å²) in [6, 6.07) is 9.59. The fraction of sp³-hybridized carbons (Fsp3) is 0.222. The van der Waals surface area contributed by atoms with Crippen LogP contribution in [0.2, 0.25) is 0 Å². The van der Waals surface area contributed by atoms with Gasteiger partial charge in [-0.25, -0.2) is 0 Å². The Morgan fingerprint density at radius 3 is 1.14 bits per heavy atom. The minimum atomic E-state index is -4.73. The van der Waals surface area contributed by atoms with E-state index in [-0.39, 0.29) is 35.8 Å². The predicted octanol–water partition coefficient (Wildman–Crippen LogP) is 5.00. The third kappa shape index (κ3) is 5.73. The molecule has 0 aliphatic carbocycles. The van der Waals surface area contributed by atoms with Crippen molar-refractivity contribution in [3.63, 3.8) is 0 Å². The first kappa shape index (κ1) is 21.3. The molecule has 0 aliphatic heterocycles. The van der Waals surface area contributed by atoms with Crippen LogP contribution in [0.25, 0.3) is 0 Å². The average Bonchev–Trinajstić information content (AvgIpc) is 2.63. The molecular weight excluding hydrogens is 390 g/mol. The Hall–Kier alpha value is -3.04. The number of ether oxygens (including phenoxy) is 2. The minimum Gasteiger partial charge on any atom is -0.490 e. The summed E-state index contributed by atoms with van der Waals surface area (Å²) in [5.41, 5.74) is -3.49. The molecule has 0 fully saturated rings. The first-order chi connectivity index (χ1) is 13.0. The van der Waals surface area contributed by atoms with Crippen molar-refractivity contribution in [2.24, 2.45) is 0 Å². The molecule has 0 amide bonds. The summed E-state index contributed by atoms with van der Waals surface area (Å²) in [6.07, 6.45) is -9.46. The van der Waals surface area contributed by atoms with E-state index in [9.17, 15) is 26.3 Å². The fourth-order valence-electron chi connectivity index (χ4n) is 2.08. The van der Waals surface area contributed by atoms with Crippen LogP contribution < -0.4 is 9.47 Å². The van der Waals surface area contributed by atoms with Crippen molar-refractivity contribution in [3.8, 4) is 11.5 Å². The van der Waals surface area contributed by atoms with E-state index in [1.807, 2.05) is 0 Å². The molecule has 28 heavy (non-hydrogen) atoms. The highest BCUT2D eigenvalue weighted by Gasteiger charge is 2.35. The van der Waals surface area contributed by atoms with E-state index < -0.39 is 23.8 Å². The topological polar surface area (TPSA) is 66.2 Å². The van der Waals surface area contributed by atoms with Gasteiger partial charge < -0.3 is 9.47 Å². The second-order valence-corrected chi connectivity index (χ2v) is 5.49. The molecule has 0 spiro atoms. The van der Waals surface area contributed by atoms with E-state index in [4.69, 9.17) is 20.3 Å². The molecule has 0 saturated heterocycles. The molecule has 150 valence electrons. The number of rotatable bonds is 7. The number of halogens is 6. The summed E-state index contributed by atoms with van der Waals surface area (Å²) in [7, 11) is 0. The summed E-state index contributed by atoms with van der Waals surface area (Å²) in [6.45, 7) is 0.0758. The Morgan fingerprint density at radius 1 is 0.607 bits per heavy atom. The van der Waals surface area contributed by atoms with Crippen LogP contribution in [0.4, 0.5) is 26.3 Å². The standard InChI is InChI=1S/C18H14F6N2O2/c19-17(20,21)15(25)11-1-5-13(6-2-11)27-9-10-28-14-7-3-12(4-8-14)16(26)18(22,23)24/h1-8,25-26H,9-10H2. The summed E-state index contributed by atoms with van der Waals surface area (Å²) in [5.74, 6) is 0.549. The Morgan fingerprint density at radius 2 is 0.893 bits per heavy atom. The lowest BCUT2D eigenvalue weighted by molar-refractivity contribution is -0.0596. The van der Waals surface area contributed by atoms with E-state index in [0.29, 0.717) is 0 Å². The third-order valence-electron chi connectivity index (χ3n) is 3.47. The van der Waals surface area contributed by atoms with Crippen molar-refractivity contribution < 1.29 is 35.8 Å². The Labute approximate surface area is 155 Å². The largest absolute Gasteiger partial charge is 0.490 e. The Bertz CT molecular complexity index is 756. The molecule has 0 aromatic heterocycles. The molecule has 2 aromatic rings. The summed E-state index contributed by atoms with van der Waals surface area (Å²) >= 11 is 0. The maximum atomic E-state index is 12.4. The smallest absolute Gasteiger partial charge is 0.433 e. The zero-order chi connectivity index (χ0) is 20.9. The van der Waals surface area contributed by atoms with Crippen LogP contribution >= 0.6 is 0 Å². The normalized spacial score (nSPS) is 11.8. The van der Waals surface area contributed by atoms with Gasteiger partial charge >= 0.3 is 12.4 Å². The highest BCUT2D eigenvalue weighted by atomic mass is 19.4. The van der Waals surface area contributed by atoms with Gasteiger partial charge in [0.05, 0.1) is 0 Å². The predicted molar refractivity (Wildman–Crippen MR) is 89.6 cm³/mol. The minimum absolute atomic E-state index is 0.0379. The van der Waals surface area contributed by atoms with Gasteiger partial charge in [0.2, 0.25) is 0 Å². The van der Waals surface area contributed by atoms with Crippen LogP contribution in [-0.4, -0.2) is 37.0 Å². The molecule has 10 heteroatoms. The summed E-state index contributed by atoms with van der Waals surface area (Å²) < 4.78 is 85.2. The summed E-state index contributed by atoms with van der Waals surface area (Å²) in [4.78, 5) is 0. The zero-order valence-corrected chi connectivity index (χ0v) is 14.1. The maximum absolute atomic E-state index is 12.4. The van der Waals surface area contributed by atoms with Gasteiger partial charge in [0.15, 0.2) is 0 Å². The van der Waals surface area contributed by atoms with Gasteiger partial charge in [0, 0.05) is 11.1 Å². The molecule has 0 radical (unpaired) electrons. The van der Waals surface area contributed by atoms with Crippen LogP contribution in [0.3, 0.4) is 0 Å². The molecule has 0 unspecified atom stereocenters. The van der Waals surface area contributed by atoms with Crippen LogP contribution in [-0.2, 0) is 0 Å². The van der Waals surface area contributed by atoms with E-state index >= 15 is 0 Å². The fourth-order valence-corrected chi connectivity index (χ4v) is 2.08. The van der Waals surface area contributed by atoms with Crippen molar-refractivity contribution in [3.05, 3.63) is 59.7 Å². The average molecular weight is 404 g/mol. The van der Waals surface area contributed by atoms with E-state index in [1.165, 1.54) is 24.3 Å². The highest BCUT2D eigenvalue weighted by molar-refractivity contribution is 6.02. The number of hydrogen-bond donors (Lipinski definition) is 2. The molecule has 0 heterocycles. The first-order valence-electron chi connectivity index (χ1n) is 7.76. The molecule has 2 aromatic carbocycles. The van der Waals surface area contributed by atoms with Crippen LogP contribution in [0, 0.1) is 10.8 Å². The monoisotopic (exact) mass is 404 g/mol. The molecular formula is C18H14F6N2O2. The van der Waals surface area contributed by atoms with Crippen molar-refractivity contribution in [2.45, 2.75) is 12.4 Å². The summed E-state index contributed by atoms with van der Waals surface area (Å²) in [5, 5.41) is 14.1. The van der Waals surface area contributed by atoms with Gasteiger partial charge in [-0.15, -0.1) is 0 Å². The zero-order valence-electron chi connectivity index (χ0n) is 14.1. The van der Waals surface area contributed by atoms with Crippen molar-refractivity contribution >= 4 is 11.4 Å². The van der Waals surface area contributed by atoms with E-state index in [0.717, 1.165) is 24.3 Å². The molecule has 0 bridgehead atoms. The number of benzene rings is 2. The number of hydrogen-bond acceptors (Lipinski definition) is 4. The molecule has 0 aliphatic rings. The van der Waals surface area contributed by atoms with Crippen LogP contribution in [0.15, 0.2) is 48.5 Å². The molecule has 2 N–H and O–H groups in total. The number of nitrogens with one attached hydrogen (secondary N) is 2. The van der Waals surface area contributed by atoms with Gasteiger partial charge in [-0.05, 0) is 48.5 Å². The highest BCUT2D eigenvalue weighted by Crippen LogP contribution is 2.24. The van der Waals surface area contributed by atoms with Crippen molar-refractivity contribution in [2.75, 3.05) is 13.2 Å². The Balaban J connectivity index is 1.81. The molecule has 0 atom stereocenters. The lowest BCUT2D eigenvalue weighted by atomic mass is 10.1. The first-order valence-corrected chi connectivity index (χ1v) is 7.76. The third-order valence-corrected chi connectivity index (χ3v) is 3.47. The molecule has 0 saturated carbocycles.